The third-order valence-electron chi connectivity index (χ3n) is 3.81. The quantitative estimate of drug-likeness (QED) is 0.900. The lowest BCUT2D eigenvalue weighted by atomic mass is 9.90. The molecule has 0 radical (unpaired) electrons. The zero-order valence-corrected chi connectivity index (χ0v) is 11.7. The lowest BCUT2D eigenvalue weighted by Gasteiger charge is -2.17. The number of rotatable bonds is 3. The largest absolute Gasteiger partial charge is 0.385 e. The molecule has 1 aromatic carbocycles. The summed E-state index contributed by atoms with van der Waals surface area (Å²) in [4.78, 5) is 11.9. The van der Waals surface area contributed by atoms with Crippen LogP contribution in [0.5, 0.6) is 0 Å². The molecule has 0 saturated carbocycles. The molecule has 4 heteroatoms. The van der Waals surface area contributed by atoms with Crippen molar-refractivity contribution in [3.63, 3.8) is 0 Å². The molecule has 2 aromatic rings. The van der Waals surface area contributed by atoms with Gasteiger partial charge in [0, 0.05) is 23.4 Å². The number of aromatic nitrogens is 2. The number of nitrogens with zero attached hydrogens (tertiary/aromatic N) is 1. The van der Waals surface area contributed by atoms with Crippen molar-refractivity contribution in [2.45, 2.75) is 32.6 Å². The first-order valence-electron chi connectivity index (χ1n) is 7.24. The van der Waals surface area contributed by atoms with E-state index >= 15 is 0 Å². The Balaban J connectivity index is 2.10. The summed E-state index contributed by atoms with van der Waals surface area (Å²) < 4.78 is 0. The monoisotopic (exact) mass is 269 g/mol. The predicted molar refractivity (Wildman–Crippen MR) is 81.1 cm³/mol. The van der Waals surface area contributed by atoms with Crippen molar-refractivity contribution in [3.8, 4) is 11.3 Å². The third kappa shape index (κ3) is 2.33. The van der Waals surface area contributed by atoms with Gasteiger partial charge in [-0.3, -0.25) is 4.79 Å². The molecule has 1 aliphatic rings. The van der Waals surface area contributed by atoms with E-state index in [-0.39, 0.29) is 5.56 Å². The molecule has 1 heterocycles. The van der Waals surface area contributed by atoms with Crippen LogP contribution in [0.1, 0.15) is 30.9 Å². The number of benzene rings is 1. The van der Waals surface area contributed by atoms with Gasteiger partial charge in [-0.05, 0) is 50.3 Å². The van der Waals surface area contributed by atoms with Gasteiger partial charge in [0.05, 0.1) is 5.69 Å². The molecule has 0 spiro atoms. The molecule has 20 heavy (non-hydrogen) atoms. The Kier molecular flexibility index (Phi) is 3.54. The third-order valence-corrected chi connectivity index (χ3v) is 3.81. The van der Waals surface area contributed by atoms with E-state index in [1.807, 2.05) is 12.1 Å². The number of H-pyrrole nitrogens is 1. The lowest BCUT2D eigenvalue weighted by Crippen LogP contribution is -2.21. The zero-order valence-electron chi connectivity index (χ0n) is 11.7. The maximum absolute atomic E-state index is 11.9. The van der Waals surface area contributed by atoms with Gasteiger partial charge >= 0.3 is 0 Å². The lowest BCUT2D eigenvalue weighted by molar-refractivity contribution is 0.669. The van der Waals surface area contributed by atoms with Crippen molar-refractivity contribution in [1.82, 2.24) is 10.2 Å². The molecule has 1 aliphatic carbocycles. The first-order chi connectivity index (χ1) is 9.79. The van der Waals surface area contributed by atoms with Crippen LogP contribution in [-0.4, -0.2) is 16.7 Å². The standard InChI is InChI=1S/C16H19N3O/c1-2-17-12-7-5-6-11(10-12)15-13-8-3-4-9-14(13)16(20)19-18-15/h5-7,10,17H,2-4,8-9H2,1H3,(H,19,20). The molecule has 0 amide bonds. The second-order valence-corrected chi connectivity index (χ2v) is 5.18. The summed E-state index contributed by atoms with van der Waals surface area (Å²) in [5.41, 5.74) is 5.12. The van der Waals surface area contributed by atoms with E-state index in [1.165, 1.54) is 0 Å². The van der Waals surface area contributed by atoms with Crippen LogP contribution < -0.4 is 10.9 Å². The first kappa shape index (κ1) is 12.9. The van der Waals surface area contributed by atoms with Crippen LogP contribution in [0.2, 0.25) is 0 Å². The SMILES string of the molecule is CCNc1cccc(-c2n[nH]c(=O)c3c2CCCC3)c1. The van der Waals surface area contributed by atoms with Crippen LogP contribution in [0.4, 0.5) is 5.69 Å². The van der Waals surface area contributed by atoms with E-state index in [4.69, 9.17) is 0 Å². The molecule has 0 unspecified atom stereocenters. The molecule has 2 N–H and O–H groups in total. The maximum atomic E-state index is 11.9. The Morgan fingerprint density at radius 2 is 2.05 bits per heavy atom. The minimum atomic E-state index is -0.0220. The van der Waals surface area contributed by atoms with Crippen molar-refractivity contribution in [3.05, 3.63) is 45.7 Å². The number of anilines is 1. The number of aromatic amines is 1. The summed E-state index contributed by atoms with van der Waals surface area (Å²) in [5.74, 6) is 0. The number of fused-ring (bicyclic) bond motifs is 1. The van der Waals surface area contributed by atoms with Crippen molar-refractivity contribution in [2.75, 3.05) is 11.9 Å². The minimum Gasteiger partial charge on any atom is -0.385 e. The van der Waals surface area contributed by atoms with E-state index in [0.29, 0.717) is 0 Å². The predicted octanol–water partition coefficient (Wildman–Crippen LogP) is 2.75. The first-order valence-corrected chi connectivity index (χ1v) is 7.24. The Morgan fingerprint density at radius 3 is 2.85 bits per heavy atom. The van der Waals surface area contributed by atoms with E-state index in [9.17, 15) is 4.79 Å². The molecule has 0 saturated heterocycles. The van der Waals surface area contributed by atoms with Gasteiger partial charge in [0.25, 0.3) is 5.56 Å². The average molecular weight is 269 g/mol. The van der Waals surface area contributed by atoms with Crippen LogP contribution in [0.15, 0.2) is 29.1 Å². The second-order valence-electron chi connectivity index (χ2n) is 5.18. The fraction of sp³-hybridized carbons (Fsp3) is 0.375. The molecule has 0 bridgehead atoms. The Labute approximate surface area is 118 Å². The van der Waals surface area contributed by atoms with Gasteiger partial charge in [0.15, 0.2) is 0 Å². The van der Waals surface area contributed by atoms with Crippen LogP contribution in [-0.2, 0) is 12.8 Å². The molecule has 1 aromatic heterocycles. The average Bonchev–Trinajstić information content (AvgIpc) is 2.49. The van der Waals surface area contributed by atoms with E-state index in [0.717, 1.165) is 60.3 Å². The van der Waals surface area contributed by atoms with Gasteiger partial charge < -0.3 is 5.32 Å². The van der Waals surface area contributed by atoms with Gasteiger partial charge in [0.1, 0.15) is 0 Å². The Hall–Kier alpha value is -2.10. The zero-order chi connectivity index (χ0) is 13.9. The van der Waals surface area contributed by atoms with E-state index in [1.54, 1.807) is 0 Å². The molecule has 0 fully saturated rings. The van der Waals surface area contributed by atoms with Crippen molar-refractivity contribution in [2.24, 2.45) is 0 Å². The van der Waals surface area contributed by atoms with Gasteiger partial charge in [-0.2, -0.15) is 5.10 Å². The normalized spacial score (nSPS) is 13.8. The fourth-order valence-electron chi connectivity index (χ4n) is 2.88. The molecular weight excluding hydrogens is 250 g/mol. The van der Waals surface area contributed by atoms with Crippen LogP contribution in [0.25, 0.3) is 11.3 Å². The molecule has 4 nitrogen and oxygen atoms in total. The van der Waals surface area contributed by atoms with Crippen LogP contribution in [0, 0.1) is 0 Å². The van der Waals surface area contributed by atoms with Crippen molar-refractivity contribution in [1.29, 1.82) is 0 Å². The van der Waals surface area contributed by atoms with E-state index in [2.05, 4.69) is 34.6 Å². The summed E-state index contributed by atoms with van der Waals surface area (Å²) >= 11 is 0. The summed E-state index contributed by atoms with van der Waals surface area (Å²) in [7, 11) is 0. The molecular formula is C16H19N3O. The van der Waals surface area contributed by atoms with E-state index < -0.39 is 0 Å². The molecule has 3 rings (SSSR count). The highest BCUT2D eigenvalue weighted by atomic mass is 16.1. The van der Waals surface area contributed by atoms with Gasteiger partial charge in [-0.1, -0.05) is 12.1 Å². The second kappa shape index (κ2) is 5.49. The molecule has 0 aliphatic heterocycles. The Morgan fingerprint density at radius 1 is 1.25 bits per heavy atom. The smallest absolute Gasteiger partial charge is 0.267 e. The molecule has 0 atom stereocenters. The highest BCUT2D eigenvalue weighted by Crippen LogP contribution is 2.28. The van der Waals surface area contributed by atoms with Crippen molar-refractivity contribution >= 4 is 5.69 Å². The summed E-state index contributed by atoms with van der Waals surface area (Å²) in [6.07, 6.45) is 4.05. The van der Waals surface area contributed by atoms with Crippen LogP contribution >= 0.6 is 0 Å². The van der Waals surface area contributed by atoms with Gasteiger partial charge in [0.2, 0.25) is 0 Å². The molecule has 104 valence electrons. The minimum absolute atomic E-state index is 0.0220. The fourth-order valence-corrected chi connectivity index (χ4v) is 2.88. The Bertz CT molecular complexity index is 676. The van der Waals surface area contributed by atoms with Gasteiger partial charge in [-0.15, -0.1) is 0 Å². The maximum Gasteiger partial charge on any atom is 0.267 e. The summed E-state index contributed by atoms with van der Waals surface area (Å²) in [6, 6.07) is 8.22. The summed E-state index contributed by atoms with van der Waals surface area (Å²) in [5, 5.41) is 10.3. The van der Waals surface area contributed by atoms with Crippen LogP contribution in [0.3, 0.4) is 0 Å². The number of nitrogens with one attached hydrogen (secondary N) is 2. The topological polar surface area (TPSA) is 57.8 Å². The highest BCUT2D eigenvalue weighted by Gasteiger charge is 2.18. The van der Waals surface area contributed by atoms with Gasteiger partial charge in [-0.25, -0.2) is 5.10 Å². The number of hydrogen-bond acceptors (Lipinski definition) is 3. The highest BCUT2D eigenvalue weighted by molar-refractivity contribution is 5.68. The summed E-state index contributed by atoms with van der Waals surface area (Å²) in [6.45, 7) is 2.97. The number of hydrogen-bond donors (Lipinski definition) is 2. The van der Waals surface area contributed by atoms with Crippen molar-refractivity contribution < 1.29 is 0 Å².